The molecule has 1 N–H and O–H groups in total. The minimum atomic E-state index is -0.451. The number of hydrogen-bond donors (Lipinski definition) is 1. The third-order valence-electron chi connectivity index (χ3n) is 2.39. The molecule has 21 heavy (non-hydrogen) atoms. The van der Waals surface area contributed by atoms with Gasteiger partial charge in [0.1, 0.15) is 5.60 Å². The molecule has 1 aromatic heterocycles. The van der Waals surface area contributed by atoms with E-state index < -0.39 is 5.60 Å². The van der Waals surface area contributed by atoms with Gasteiger partial charge in [0.05, 0.1) is 4.47 Å². The van der Waals surface area contributed by atoms with Crippen molar-refractivity contribution < 1.29 is 9.53 Å². The highest BCUT2D eigenvalue weighted by molar-refractivity contribution is 9.10. The zero-order valence-corrected chi connectivity index (χ0v) is 14.3. The summed E-state index contributed by atoms with van der Waals surface area (Å²) in [6.07, 6.45) is 5.70. The van der Waals surface area contributed by atoms with Crippen molar-refractivity contribution in [2.45, 2.75) is 45.6 Å². The number of amides is 1. The molecule has 0 saturated carbocycles. The van der Waals surface area contributed by atoms with Crippen LogP contribution in [0.1, 0.15) is 45.6 Å². The first kappa shape index (κ1) is 17.5. The monoisotopic (exact) mass is 352 g/mol. The summed E-state index contributed by atoms with van der Waals surface area (Å²) >= 11 is 3.40. The van der Waals surface area contributed by atoms with Crippen LogP contribution in [0.2, 0.25) is 0 Å². The Bertz CT molecular complexity index is 527. The van der Waals surface area contributed by atoms with Gasteiger partial charge in [-0.15, -0.1) is 0 Å². The molecule has 114 valence electrons. The minimum absolute atomic E-state index is 0.366. The SMILES string of the molecule is CC(C)(C)OC(=O)NCCCCC#Cc1ccncc1Br. The largest absolute Gasteiger partial charge is 0.444 e. The summed E-state index contributed by atoms with van der Waals surface area (Å²) in [7, 11) is 0. The Hall–Kier alpha value is -1.54. The molecule has 4 nitrogen and oxygen atoms in total. The summed E-state index contributed by atoms with van der Waals surface area (Å²) in [5.41, 5.74) is 0.491. The van der Waals surface area contributed by atoms with Gasteiger partial charge < -0.3 is 10.1 Å². The van der Waals surface area contributed by atoms with Crippen LogP contribution in [-0.4, -0.2) is 23.2 Å². The number of unbranched alkanes of at least 4 members (excludes halogenated alkanes) is 2. The second-order valence-corrected chi connectivity index (χ2v) is 6.40. The highest BCUT2D eigenvalue weighted by atomic mass is 79.9. The van der Waals surface area contributed by atoms with E-state index in [2.05, 4.69) is 38.1 Å². The van der Waals surface area contributed by atoms with Crippen LogP contribution in [-0.2, 0) is 4.74 Å². The topological polar surface area (TPSA) is 51.2 Å². The lowest BCUT2D eigenvalue weighted by Crippen LogP contribution is -2.32. The smallest absolute Gasteiger partial charge is 0.407 e. The maximum atomic E-state index is 11.4. The van der Waals surface area contributed by atoms with Crippen LogP contribution in [0.5, 0.6) is 0 Å². The normalized spacial score (nSPS) is 10.5. The van der Waals surface area contributed by atoms with Gasteiger partial charge in [0, 0.05) is 30.9 Å². The fourth-order valence-corrected chi connectivity index (χ4v) is 1.83. The van der Waals surface area contributed by atoms with Gasteiger partial charge in [-0.2, -0.15) is 0 Å². The Kier molecular flexibility index (Phi) is 7.24. The number of rotatable bonds is 4. The summed E-state index contributed by atoms with van der Waals surface area (Å²) in [6.45, 7) is 6.15. The second kappa shape index (κ2) is 8.68. The maximum Gasteiger partial charge on any atom is 0.407 e. The average molecular weight is 353 g/mol. The molecule has 0 aliphatic rings. The second-order valence-electron chi connectivity index (χ2n) is 5.54. The maximum absolute atomic E-state index is 11.4. The lowest BCUT2D eigenvalue weighted by molar-refractivity contribution is 0.0527. The Morgan fingerprint density at radius 3 is 2.86 bits per heavy atom. The molecule has 0 atom stereocenters. The number of aromatic nitrogens is 1. The van der Waals surface area contributed by atoms with Gasteiger partial charge in [-0.25, -0.2) is 4.79 Å². The lowest BCUT2D eigenvalue weighted by atomic mass is 10.2. The van der Waals surface area contributed by atoms with Crippen molar-refractivity contribution in [2.24, 2.45) is 0 Å². The van der Waals surface area contributed by atoms with Crippen LogP contribution in [0, 0.1) is 11.8 Å². The molecular formula is C16H21BrN2O2. The first-order valence-corrected chi connectivity index (χ1v) is 7.73. The predicted molar refractivity (Wildman–Crippen MR) is 86.9 cm³/mol. The number of nitrogens with one attached hydrogen (secondary N) is 1. The molecule has 1 amide bonds. The van der Waals surface area contributed by atoms with Gasteiger partial charge in [-0.05, 0) is 55.6 Å². The summed E-state index contributed by atoms with van der Waals surface area (Å²) in [6, 6.07) is 1.88. The highest BCUT2D eigenvalue weighted by Crippen LogP contribution is 2.12. The third-order valence-corrected chi connectivity index (χ3v) is 3.02. The Labute approximate surface area is 134 Å². The van der Waals surface area contributed by atoms with Crippen molar-refractivity contribution in [3.8, 4) is 11.8 Å². The van der Waals surface area contributed by atoms with Crippen LogP contribution in [0.3, 0.4) is 0 Å². The van der Waals surface area contributed by atoms with E-state index in [1.807, 2.05) is 26.8 Å². The number of alkyl carbamates (subject to hydrolysis) is 1. The van der Waals surface area contributed by atoms with Crippen LogP contribution < -0.4 is 5.32 Å². The van der Waals surface area contributed by atoms with E-state index in [0.717, 1.165) is 29.3 Å². The number of ether oxygens (including phenoxy) is 1. The van der Waals surface area contributed by atoms with Crippen molar-refractivity contribution >= 4 is 22.0 Å². The Morgan fingerprint density at radius 1 is 1.43 bits per heavy atom. The van der Waals surface area contributed by atoms with Crippen LogP contribution in [0.25, 0.3) is 0 Å². The van der Waals surface area contributed by atoms with E-state index in [1.165, 1.54) is 0 Å². The third kappa shape index (κ3) is 8.36. The van der Waals surface area contributed by atoms with Crippen molar-refractivity contribution in [1.29, 1.82) is 0 Å². The zero-order chi connectivity index (χ0) is 15.7. The van der Waals surface area contributed by atoms with Gasteiger partial charge in [-0.3, -0.25) is 4.98 Å². The van der Waals surface area contributed by atoms with E-state index in [0.29, 0.717) is 6.54 Å². The fraction of sp³-hybridized carbons (Fsp3) is 0.500. The number of pyridine rings is 1. The van der Waals surface area contributed by atoms with Crippen LogP contribution in [0.15, 0.2) is 22.9 Å². The molecule has 1 rings (SSSR count). The molecule has 0 saturated heterocycles. The number of hydrogen-bond acceptors (Lipinski definition) is 3. The summed E-state index contributed by atoms with van der Waals surface area (Å²) < 4.78 is 6.05. The molecule has 0 radical (unpaired) electrons. The molecule has 0 aromatic carbocycles. The first-order valence-electron chi connectivity index (χ1n) is 6.94. The molecule has 0 bridgehead atoms. The average Bonchev–Trinajstić information content (AvgIpc) is 2.37. The van der Waals surface area contributed by atoms with E-state index in [4.69, 9.17) is 4.74 Å². The van der Waals surface area contributed by atoms with Crippen LogP contribution >= 0.6 is 15.9 Å². The minimum Gasteiger partial charge on any atom is -0.444 e. The molecule has 1 heterocycles. The molecule has 0 fully saturated rings. The van der Waals surface area contributed by atoms with Gasteiger partial charge in [-0.1, -0.05) is 11.8 Å². The molecular weight excluding hydrogens is 332 g/mol. The molecule has 0 unspecified atom stereocenters. The zero-order valence-electron chi connectivity index (χ0n) is 12.7. The summed E-state index contributed by atoms with van der Waals surface area (Å²) in [5, 5.41) is 2.73. The molecule has 0 spiro atoms. The van der Waals surface area contributed by atoms with Gasteiger partial charge in [0.15, 0.2) is 0 Å². The molecule has 0 aliphatic carbocycles. The van der Waals surface area contributed by atoms with E-state index in [1.54, 1.807) is 12.4 Å². The molecule has 1 aromatic rings. The van der Waals surface area contributed by atoms with Gasteiger partial charge >= 0.3 is 6.09 Å². The lowest BCUT2D eigenvalue weighted by Gasteiger charge is -2.19. The standard InChI is InChI=1S/C16H21BrN2O2/c1-16(2,3)21-15(20)19-10-7-5-4-6-8-13-9-11-18-12-14(13)17/h9,11-12H,4-5,7,10H2,1-3H3,(H,19,20). The Morgan fingerprint density at radius 2 is 2.19 bits per heavy atom. The predicted octanol–water partition coefficient (Wildman–Crippen LogP) is 3.89. The molecule has 0 aliphatic heterocycles. The number of halogens is 1. The fourth-order valence-electron chi connectivity index (χ4n) is 1.48. The summed E-state index contributed by atoms with van der Waals surface area (Å²) in [5.74, 6) is 6.21. The van der Waals surface area contributed by atoms with Gasteiger partial charge in [0.2, 0.25) is 0 Å². The van der Waals surface area contributed by atoms with Crippen molar-refractivity contribution in [1.82, 2.24) is 10.3 Å². The van der Waals surface area contributed by atoms with E-state index >= 15 is 0 Å². The van der Waals surface area contributed by atoms with Gasteiger partial charge in [0.25, 0.3) is 0 Å². The quantitative estimate of drug-likeness (QED) is 0.660. The number of carbonyl (C=O) groups is 1. The highest BCUT2D eigenvalue weighted by Gasteiger charge is 2.15. The molecule has 5 heteroatoms. The van der Waals surface area contributed by atoms with Crippen molar-refractivity contribution in [3.05, 3.63) is 28.5 Å². The van der Waals surface area contributed by atoms with Crippen molar-refractivity contribution in [2.75, 3.05) is 6.54 Å². The number of nitrogens with zero attached hydrogens (tertiary/aromatic N) is 1. The van der Waals surface area contributed by atoms with E-state index in [-0.39, 0.29) is 6.09 Å². The first-order chi connectivity index (χ1) is 9.88. The number of carbonyl (C=O) groups excluding carboxylic acids is 1. The van der Waals surface area contributed by atoms with Crippen molar-refractivity contribution in [3.63, 3.8) is 0 Å². The van der Waals surface area contributed by atoms with E-state index in [9.17, 15) is 4.79 Å². The summed E-state index contributed by atoms with van der Waals surface area (Å²) in [4.78, 5) is 15.4. The van der Waals surface area contributed by atoms with Crippen LogP contribution in [0.4, 0.5) is 4.79 Å². The Balaban J connectivity index is 2.16.